The number of methoxy groups -OCH3 is 1. The Balaban J connectivity index is 1.57. The maximum atomic E-state index is 13.4. The van der Waals surface area contributed by atoms with Crippen LogP contribution in [-0.4, -0.2) is 55.1 Å². The monoisotopic (exact) mass is 513 g/mol. The zero-order valence-corrected chi connectivity index (χ0v) is 20.7. The Hall–Kier alpha value is -3.73. The summed E-state index contributed by atoms with van der Waals surface area (Å²) >= 11 is 0. The lowest BCUT2D eigenvalue weighted by Crippen LogP contribution is -2.56. The summed E-state index contributed by atoms with van der Waals surface area (Å²) in [7, 11) is -2.71. The van der Waals surface area contributed by atoms with Gasteiger partial charge < -0.3 is 19.8 Å². The van der Waals surface area contributed by atoms with Gasteiger partial charge in [-0.25, -0.2) is 18.2 Å². The number of nitrogens with one attached hydrogen (secondary N) is 2. The predicted molar refractivity (Wildman–Crippen MR) is 131 cm³/mol. The zero-order valence-electron chi connectivity index (χ0n) is 19.9. The third-order valence-corrected chi connectivity index (χ3v) is 8.33. The Bertz CT molecular complexity index is 1350. The molecule has 1 fully saturated rings. The standard InChI is InChI=1S/C25H27N3O7S/c1-3-9-18(21(29)22-26-17-12-7-8-13-19(17)35-22)27-23(30)25(28-24(31)34-2)14-20(25)36(32,33)15-16-10-5-4-6-11-16/h4-8,10-13,18,20H,3,9,14-15H2,1-2H3,(H,27,30)(H,28,31)/t18-,20+,25?/m0/s1. The topological polar surface area (TPSA) is 145 Å². The number of para-hydroxylation sites is 2. The summed E-state index contributed by atoms with van der Waals surface area (Å²) in [5.41, 5.74) is -0.262. The lowest BCUT2D eigenvalue weighted by molar-refractivity contribution is -0.124. The quantitative estimate of drug-likeness (QED) is 0.394. The minimum atomic E-state index is -3.83. The van der Waals surface area contributed by atoms with Crippen LogP contribution in [0.15, 0.2) is 59.0 Å². The maximum Gasteiger partial charge on any atom is 0.407 e. The Kier molecular flexibility index (Phi) is 7.11. The van der Waals surface area contributed by atoms with Crippen molar-refractivity contribution in [2.24, 2.45) is 0 Å². The van der Waals surface area contributed by atoms with Crippen LogP contribution < -0.4 is 10.6 Å². The number of oxazole rings is 1. The van der Waals surface area contributed by atoms with E-state index in [9.17, 15) is 22.8 Å². The molecule has 1 aliphatic rings. The second kappa shape index (κ2) is 10.1. The molecule has 190 valence electrons. The van der Waals surface area contributed by atoms with Crippen LogP contribution in [0.2, 0.25) is 0 Å². The van der Waals surface area contributed by atoms with E-state index in [1.165, 1.54) is 0 Å². The van der Waals surface area contributed by atoms with Gasteiger partial charge in [0, 0.05) is 6.42 Å². The molecular weight excluding hydrogens is 486 g/mol. The SMILES string of the molecule is CCC[C@H](NC(=O)C1(NC(=O)OC)C[C@H]1S(=O)(=O)Cc1ccccc1)C(=O)c1nc2ccccc2o1. The van der Waals surface area contributed by atoms with Crippen LogP contribution in [0, 0.1) is 0 Å². The molecule has 1 aliphatic carbocycles. The molecule has 0 radical (unpaired) electrons. The highest BCUT2D eigenvalue weighted by atomic mass is 32.2. The van der Waals surface area contributed by atoms with Crippen molar-refractivity contribution in [3.05, 3.63) is 66.1 Å². The van der Waals surface area contributed by atoms with Crippen molar-refractivity contribution in [3.63, 3.8) is 0 Å². The van der Waals surface area contributed by atoms with E-state index in [4.69, 9.17) is 4.42 Å². The molecule has 11 heteroatoms. The zero-order chi connectivity index (χ0) is 25.9. The molecule has 2 aromatic carbocycles. The summed E-state index contributed by atoms with van der Waals surface area (Å²) in [6, 6.07) is 14.4. The van der Waals surface area contributed by atoms with E-state index >= 15 is 0 Å². The van der Waals surface area contributed by atoms with Crippen LogP contribution in [-0.2, 0) is 25.1 Å². The van der Waals surface area contributed by atoms with E-state index in [1.807, 2.05) is 6.92 Å². The lowest BCUT2D eigenvalue weighted by atomic mass is 10.1. The molecule has 1 heterocycles. The highest BCUT2D eigenvalue weighted by Gasteiger charge is 2.67. The number of carbonyl (C=O) groups is 3. The highest BCUT2D eigenvalue weighted by molar-refractivity contribution is 7.91. The van der Waals surface area contributed by atoms with Crippen molar-refractivity contribution < 1.29 is 32.0 Å². The summed E-state index contributed by atoms with van der Waals surface area (Å²) in [6.45, 7) is 1.84. The van der Waals surface area contributed by atoms with Crippen molar-refractivity contribution in [2.75, 3.05) is 7.11 Å². The summed E-state index contributed by atoms with van der Waals surface area (Å²) in [5.74, 6) is -1.78. The number of benzene rings is 2. The van der Waals surface area contributed by atoms with Gasteiger partial charge in [-0.1, -0.05) is 55.8 Å². The van der Waals surface area contributed by atoms with E-state index < -0.39 is 44.5 Å². The number of ketones is 1. The minimum Gasteiger partial charge on any atom is -0.453 e. The molecule has 3 aromatic rings. The number of amides is 2. The number of ether oxygens (including phenoxy) is 1. The van der Waals surface area contributed by atoms with Crippen molar-refractivity contribution in [1.82, 2.24) is 15.6 Å². The normalized spacial score (nSPS) is 19.9. The fourth-order valence-electron chi connectivity index (χ4n) is 4.21. The first-order valence-corrected chi connectivity index (χ1v) is 13.2. The molecule has 1 unspecified atom stereocenters. The number of carbonyl (C=O) groups excluding carboxylic acids is 3. The average Bonchev–Trinajstić information content (AvgIpc) is 3.45. The van der Waals surface area contributed by atoms with Crippen LogP contribution in [0.4, 0.5) is 4.79 Å². The van der Waals surface area contributed by atoms with E-state index in [-0.39, 0.29) is 24.5 Å². The smallest absolute Gasteiger partial charge is 0.407 e. The second-order valence-electron chi connectivity index (χ2n) is 8.74. The van der Waals surface area contributed by atoms with Crippen LogP contribution in [0.3, 0.4) is 0 Å². The molecule has 2 amide bonds. The number of nitrogens with zero attached hydrogens (tertiary/aromatic N) is 1. The van der Waals surface area contributed by atoms with Crippen molar-refractivity contribution in [2.45, 2.75) is 48.8 Å². The second-order valence-corrected chi connectivity index (χ2v) is 10.9. The van der Waals surface area contributed by atoms with Gasteiger partial charge in [-0.15, -0.1) is 0 Å². The van der Waals surface area contributed by atoms with Crippen molar-refractivity contribution in [3.8, 4) is 0 Å². The lowest BCUT2D eigenvalue weighted by Gasteiger charge is -2.22. The van der Waals surface area contributed by atoms with E-state index in [1.54, 1.807) is 54.6 Å². The van der Waals surface area contributed by atoms with Gasteiger partial charge in [-0.2, -0.15) is 0 Å². The average molecular weight is 514 g/mol. The fourth-order valence-corrected chi connectivity index (χ4v) is 6.36. The molecule has 4 rings (SSSR count). The van der Waals surface area contributed by atoms with Crippen molar-refractivity contribution >= 4 is 38.7 Å². The highest BCUT2D eigenvalue weighted by Crippen LogP contribution is 2.44. The molecule has 0 aliphatic heterocycles. The molecule has 0 spiro atoms. The number of hydrogen-bond donors (Lipinski definition) is 2. The van der Waals surface area contributed by atoms with Crippen LogP contribution in [0.5, 0.6) is 0 Å². The largest absolute Gasteiger partial charge is 0.453 e. The summed E-state index contributed by atoms with van der Waals surface area (Å²) in [6.07, 6.45) is -0.276. The minimum absolute atomic E-state index is 0.140. The Labute approximate surface area is 208 Å². The van der Waals surface area contributed by atoms with Crippen LogP contribution in [0.1, 0.15) is 42.4 Å². The van der Waals surface area contributed by atoms with Gasteiger partial charge in [0.05, 0.1) is 24.2 Å². The van der Waals surface area contributed by atoms with Gasteiger partial charge in [0.25, 0.3) is 5.89 Å². The maximum absolute atomic E-state index is 13.4. The van der Waals surface area contributed by atoms with Crippen LogP contribution >= 0.6 is 0 Å². The Morgan fingerprint density at radius 1 is 1.14 bits per heavy atom. The number of aromatic nitrogens is 1. The van der Waals surface area contributed by atoms with Gasteiger partial charge in [0.2, 0.25) is 11.7 Å². The number of Topliss-reactive ketones (excluding diaryl/α,β-unsaturated/α-hetero) is 1. The molecule has 36 heavy (non-hydrogen) atoms. The molecule has 0 saturated heterocycles. The molecule has 1 aromatic heterocycles. The first-order valence-electron chi connectivity index (χ1n) is 11.5. The third kappa shape index (κ3) is 5.11. The predicted octanol–water partition coefficient (Wildman–Crippen LogP) is 2.78. The van der Waals surface area contributed by atoms with Gasteiger partial charge >= 0.3 is 6.09 Å². The Morgan fingerprint density at radius 3 is 2.50 bits per heavy atom. The van der Waals surface area contributed by atoms with Crippen molar-refractivity contribution in [1.29, 1.82) is 0 Å². The number of fused-ring (bicyclic) bond motifs is 1. The van der Waals surface area contributed by atoms with Gasteiger partial charge in [-0.05, 0) is 24.1 Å². The van der Waals surface area contributed by atoms with Gasteiger partial charge in [0.15, 0.2) is 15.4 Å². The molecule has 10 nitrogen and oxygen atoms in total. The molecule has 3 atom stereocenters. The number of hydrogen-bond acceptors (Lipinski definition) is 8. The summed E-state index contributed by atoms with van der Waals surface area (Å²) in [4.78, 5) is 42.9. The van der Waals surface area contributed by atoms with E-state index in [0.29, 0.717) is 23.1 Å². The fraction of sp³-hybridized carbons (Fsp3) is 0.360. The number of alkyl carbamates (subject to hydrolysis) is 1. The first-order chi connectivity index (χ1) is 17.2. The Morgan fingerprint density at radius 2 is 1.83 bits per heavy atom. The molecular formula is C25H27N3O7S. The number of rotatable bonds is 10. The molecule has 2 N–H and O–H groups in total. The molecule has 0 bridgehead atoms. The van der Waals surface area contributed by atoms with Crippen LogP contribution in [0.25, 0.3) is 11.1 Å². The number of sulfone groups is 1. The van der Waals surface area contributed by atoms with E-state index in [2.05, 4.69) is 20.4 Å². The summed E-state index contributed by atoms with van der Waals surface area (Å²) in [5, 5.41) is 3.86. The van der Waals surface area contributed by atoms with Gasteiger partial charge in [0.1, 0.15) is 11.1 Å². The van der Waals surface area contributed by atoms with E-state index in [0.717, 1.165) is 7.11 Å². The summed E-state index contributed by atoms with van der Waals surface area (Å²) < 4.78 is 36.5. The first kappa shape index (κ1) is 25.4. The van der Waals surface area contributed by atoms with Gasteiger partial charge in [-0.3, -0.25) is 9.59 Å². The molecule has 1 saturated carbocycles. The third-order valence-electron chi connectivity index (χ3n) is 6.16.